The molecule has 2 saturated heterocycles. The first kappa shape index (κ1) is 22.8. The van der Waals surface area contributed by atoms with Crippen LogP contribution in [0, 0.1) is 0 Å². The van der Waals surface area contributed by atoms with Gasteiger partial charge in [0.2, 0.25) is 6.61 Å². The Bertz CT molecular complexity index is 811. The van der Waals surface area contributed by atoms with E-state index in [4.69, 9.17) is 14.4 Å². The Balaban J connectivity index is 1.61. The molecule has 2 bridgehead atoms. The van der Waals surface area contributed by atoms with Gasteiger partial charge in [0.25, 0.3) is 11.8 Å². The van der Waals surface area contributed by atoms with Crippen molar-refractivity contribution in [2.75, 3.05) is 6.61 Å². The van der Waals surface area contributed by atoms with Gasteiger partial charge < -0.3 is 14.4 Å². The maximum absolute atomic E-state index is 12.8. The van der Waals surface area contributed by atoms with Crippen LogP contribution in [0.1, 0.15) is 66.2 Å². The zero-order chi connectivity index (χ0) is 22.8. The molecule has 2 unspecified atom stereocenters. The van der Waals surface area contributed by atoms with Crippen LogP contribution in [0.4, 0.5) is 4.79 Å². The lowest BCUT2D eigenvalue weighted by Gasteiger charge is -2.32. The summed E-state index contributed by atoms with van der Waals surface area (Å²) < 4.78 is 5.60. The van der Waals surface area contributed by atoms with Gasteiger partial charge in [0.05, 0.1) is 11.8 Å². The van der Waals surface area contributed by atoms with Crippen LogP contribution in [0.2, 0.25) is 0 Å². The number of hydroxylamine groups is 2. The van der Waals surface area contributed by atoms with E-state index >= 15 is 0 Å². The Morgan fingerprint density at radius 2 is 1.81 bits per heavy atom. The van der Waals surface area contributed by atoms with Gasteiger partial charge in [0, 0.05) is 18.9 Å². The lowest BCUT2D eigenvalue weighted by atomic mass is 9.97. The van der Waals surface area contributed by atoms with Crippen LogP contribution in [0.5, 0.6) is 0 Å². The number of hydrogen-bond acceptors (Lipinski definition) is 8. The van der Waals surface area contributed by atoms with E-state index in [0.717, 1.165) is 31.3 Å². The number of nitrogens with zero attached hydrogens (tertiary/aromatic N) is 3. The summed E-state index contributed by atoms with van der Waals surface area (Å²) in [5, 5.41) is 4.47. The van der Waals surface area contributed by atoms with Gasteiger partial charge in [-0.05, 0) is 59.0 Å². The highest BCUT2D eigenvalue weighted by molar-refractivity contribution is 6.01. The van der Waals surface area contributed by atoms with Gasteiger partial charge >= 0.3 is 12.1 Å². The molecule has 0 spiro atoms. The molecule has 2 fully saturated rings. The third-order valence-electron chi connectivity index (χ3n) is 5.33. The summed E-state index contributed by atoms with van der Waals surface area (Å²) in [6, 6.07) is -0.0469. The molecule has 0 aromatic carbocycles. The van der Waals surface area contributed by atoms with Crippen molar-refractivity contribution < 1.29 is 33.6 Å². The van der Waals surface area contributed by atoms with Crippen molar-refractivity contribution in [1.29, 1.82) is 0 Å². The summed E-state index contributed by atoms with van der Waals surface area (Å²) in [4.78, 5) is 59.3. The molecule has 0 aromatic rings. The van der Waals surface area contributed by atoms with E-state index in [2.05, 4.69) is 5.16 Å². The van der Waals surface area contributed by atoms with E-state index in [1.54, 1.807) is 11.8 Å². The summed E-state index contributed by atoms with van der Waals surface area (Å²) in [6.45, 7) is 6.71. The first-order chi connectivity index (χ1) is 14.6. The fourth-order valence-electron chi connectivity index (χ4n) is 4.04. The molecule has 31 heavy (non-hydrogen) atoms. The second-order valence-corrected chi connectivity index (χ2v) is 8.87. The molecule has 3 aliphatic rings. The second-order valence-electron chi connectivity index (χ2n) is 8.87. The molecule has 10 heteroatoms. The molecule has 10 nitrogen and oxygen atoms in total. The third-order valence-corrected chi connectivity index (χ3v) is 5.33. The Labute approximate surface area is 181 Å². The van der Waals surface area contributed by atoms with E-state index in [0.29, 0.717) is 10.8 Å². The first-order valence-electron chi connectivity index (χ1n) is 10.5. The molecule has 3 aliphatic heterocycles. The minimum absolute atomic E-state index is 0.0227. The standard InChI is InChI=1S/C21H29N3O7/c1-13(22-29-12-19(27)31-24-17(25)10-11-18(24)26)15-7-5-6-14-8-9-16(15)23(14)20(28)30-21(2,3)4/h7,14,16H,5-6,8-12H2,1-4H3/b22-13+. The number of ether oxygens (including phenoxy) is 1. The van der Waals surface area contributed by atoms with Crippen molar-refractivity contribution in [3.63, 3.8) is 0 Å². The van der Waals surface area contributed by atoms with Gasteiger partial charge in [-0.1, -0.05) is 11.2 Å². The summed E-state index contributed by atoms with van der Waals surface area (Å²) in [6.07, 6.45) is 5.07. The molecule has 170 valence electrons. The smallest absolute Gasteiger partial charge is 0.411 e. The second kappa shape index (κ2) is 9.07. The van der Waals surface area contributed by atoms with Crippen molar-refractivity contribution in [2.45, 2.75) is 83.9 Å². The van der Waals surface area contributed by atoms with E-state index in [9.17, 15) is 19.2 Å². The van der Waals surface area contributed by atoms with Crippen molar-refractivity contribution >= 4 is 29.6 Å². The number of fused-ring (bicyclic) bond motifs is 2. The maximum atomic E-state index is 12.8. The predicted molar refractivity (Wildman–Crippen MR) is 108 cm³/mol. The van der Waals surface area contributed by atoms with Crippen LogP contribution < -0.4 is 0 Å². The molecular weight excluding hydrogens is 406 g/mol. The number of imide groups is 1. The summed E-state index contributed by atoms with van der Waals surface area (Å²) in [7, 11) is 0. The molecule has 0 N–H and O–H groups in total. The van der Waals surface area contributed by atoms with Crippen LogP contribution in [-0.4, -0.2) is 63.8 Å². The predicted octanol–water partition coefficient (Wildman–Crippen LogP) is 2.47. The molecule has 0 aliphatic carbocycles. The van der Waals surface area contributed by atoms with E-state index in [-0.39, 0.29) is 31.0 Å². The molecule has 0 aromatic heterocycles. The Hall–Kier alpha value is -2.91. The van der Waals surface area contributed by atoms with Crippen molar-refractivity contribution in [3.8, 4) is 0 Å². The van der Waals surface area contributed by atoms with Crippen LogP contribution >= 0.6 is 0 Å². The lowest BCUT2D eigenvalue weighted by molar-refractivity contribution is -0.200. The normalized spacial score (nSPS) is 24.1. The Morgan fingerprint density at radius 1 is 1.13 bits per heavy atom. The molecule has 3 heterocycles. The van der Waals surface area contributed by atoms with Crippen molar-refractivity contribution in [1.82, 2.24) is 9.96 Å². The van der Waals surface area contributed by atoms with Gasteiger partial charge in [-0.2, -0.15) is 0 Å². The van der Waals surface area contributed by atoms with Crippen LogP contribution in [0.25, 0.3) is 0 Å². The number of carbonyl (C=O) groups excluding carboxylic acids is 4. The number of carbonyl (C=O) groups is 4. The van der Waals surface area contributed by atoms with Gasteiger partial charge in [0.15, 0.2) is 0 Å². The van der Waals surface area contributed by atoms with Crippen LogP contribution in [0.3, 0.4) is 0 Å². The molecule has 2 atom stereocenters. The van der Waals surface area contributed by atoms with Gasteiger partial charge in [0.1, 0.15) is 5.60 Å². The number of oxime groups is 1. The minimum Gasteiger partial charge on any atom is -0.444 e. The van der Waals surface area contributed by atoms with Gasteiger partial charge in [-0.3, -0.25) is 14.5 Å². The average Bonchev–Trinajstić information content (AvgIpc) is 3.13. The van der Waals surface area contributed by atoms with Gasteiger partial charge in [-0.15, -0.1) is 5.06 Å². The summed E-state index contributed by atoms with van der Waals surface area (Å²) >= 11 is 0. The SMILES string of the molecule is C/C(=N\OCC(=O)ON1C(=O)CCC1=O)C1=CCCC2CCC1N2C(=O)OC(C)(C)C. The Kier molecular flexibility index (Phi) is 6.66. The van der Waals surface area contributed by atoms with Crippen molar-refractivity contribution in [2.24, 2.45) is 5.16 Å². The van der Waals surface area contributed by atoms with E-state index in [1.807, 2.05) is 26.8 Å². The van der Waals surface area contributed by atoms with E-state index < -0.39 is 30.0 Å². The molecule has 0 radical (unpaired) electrons. The van der Waals surface area contributed by atoms with Crippen LogP contribution in [0.15, 0.2) is 16.8 Å². The fraction of sp³-hybridized carbons (Fsp3) is 0.667. The molecule has 3 rings (SSSR count). The quantitative estimate of drug-likeness (QED) is 0.370. The Morgan fingerprint density at radius 3 is 2.45 bits per heavy atom. The number of allylic oxidation sites excluding steroid dienone is 1. The highest BCUT2D eigenvalue weighted by Gasteiger charge is 2.42. The first-order valence-corrected chi connectivity index (χ1v) is 10.5. The largest absolute Gasteiger partial charge is 0.444 e. The van der Waals surface area contributed by atoms with E-state index in [1.165, 1.54) is 0 Å². The third kappa shape index (κ3) is 5.42. The summed E-state index contributed by atoms with van der Waals surface area (Å²) in [5.41, 5.74) is 0.823. The fourth-order valence-corrected chi connectivity index (χ4v) is 4.04. The number of amides is 3. The number of rotatable bonds is 5. The highest BCUT2D eigenvalue weighted by atomic mass is 16.7. The minimum atomic E-state index is -0.897. The van der Waals surface area contributed by atoms with Crippen LogP contribution in [-0.2, 0) is 28.8 Å². The molecule has 0 saturated carbocycles. The average molecular weight is 435 g/mol. The lowest BCUT2D eigenvalue weighted by Crippen LogP contribution is -2.44. The molecule has 3 amide bonds. The maximum Gasteiger partial charge on any atom is 0.411 e. The zero-order valence-corrected chi connectivity index (χ0v) is 18.4. The topological polar surface area (TPSA) is 115 Å². The molecular formula is C21H29N3O7. The zero-order valence-electron chi connectivity index (χ0n) is 18.4. The number of hydrogen-bond donors (Lipinski definition) is 0. The van der Waals surface area contributed by atoms with Crippen molar-refractivity contribution in [3.05, 3.63) is 11.6 Å². The summed E-state index contributed by atoms with van der Waals surface area (Å²) in [5.74, 6) is -2.01. The monoisotopic (exact) mass is 435 g/mol. The highest BCUT2D eigenvalue weighted by Crippen LogP contribution is 2.36. The van der Waals surface area contributed by atoms with Gasteiger partial charge in [-0.25, -0.2) is 9.59 Å².